The summed E-state index contributed by atoms with van der Waals surface area (Å²) in [5.74, 6) is -10.3. The third-order valence-corrected chi connectivity index (χ3v) is 15.5. The molecule has 10 amide bonds. The number of aliphatic hydroxyl groups excluding tert-OH is 1. The molecule has 0 spiro atoms. The number of alkyl carbamates (subject to hydrolysis) is 1. The molecule has 23 N–H and O–H groups in total. The molecule has 1 aliphatic rings. The number of unbranched alkanes of at least 4 members (excludes halogenated alkanes) is 1. The van der Waals surface area contributed by atoms with E-state index >= 15 is 0 Å². The van der Waals surface area contributed by atoms with Crippen molar-refractivity contribution in [3.05, 3.63) is 89.5 Å². The van der Waals surface area contributed by atoms with Crippen LogP contribution in [0.1, 0.15) is 122 Å². The molecule has 0 fully saturated rings. The van der Waals surface area contributed by atoms with E-state index in [2.05, 4.69) is 63.2 Å². The van der Waals surface area contributed by atoms with E-state index in [1.54, 1.807) is 39.8 Å². The summed E-state index contributed by atoms with van der Waals surface area (Å²) in [5, 5.41) is 55.3. The Morgan fingerprint density at radius 2 is 0.928 bits per heavy atom. The Morgan fingerprint density at radius 3 is 1.42 bits per heavy atom. The number of nitrogens with two attached hydrogens (primary N) is 5. The maximum absolute atomic E-state index is 14.3. The molecule has 3 aromatic carbocycles. The van der Waals surface area contributed by atoms with Gasteiger partial charge in [-0.2, -0.15) is 0 Å². The van der Waals surface area contributed by atoms with Crippen molar-refractivity contribution in [3.8, 4) is 16.9 Å². The molecule has 32 nitrogen and oxygen atoms in total. The van der Waals surface area contributed by atoms with E-state index < -0.39 is 133 Å². The molecule has 3 aromatic rings. The fraction of sp³-hybridized carbons (Fsp3) is 0.523. The van der Waals surface area contributed by atoms with Crippen LogP contribution in [-0.4, -0.2) is 186 Å². The predicted molar refractivity (Wildman–Crippen MR) is 360 cm³/mol. The van der Waals surface area contributed by atoms with Crippen LogP contribution in [-0.2, 0) is 59.1 Å². The minimum absolute atomic E-state index is 0.0192. The third-order valence-electron chi connectivity index (χ3n) is 15.5. The van der Waals surface area contributed by atoms with E-state index in [-0.39, 0.29) is 113 Å². The Morgan fingerprint density at radius 1 is 0.495 bits per heavy atom. The Balaban J connectivity index is 1.42. The lowest BCUT2D eigenvalue weighted by molar-refractivity contribution is -0.142. The van der Waals surface area contributed by atoms with Gasteiger partial charge in [0.05, 0.1) is 13.2 Å². The van der Waals surface area contributed by atoms with Crippen LogP contribution in [0.15, 0.2) is 82.8 Å². The molecule has 97 heavy (non-hydrogen) atoms. The molecule has 0 saturated heterocycles. The molecule has 0 saturated carbocycles. The van der Waals surface area contributed by atoms with Crippen molar-refractivity contribution >= 4 is 77.1 Å². The third kappa shape index (κ3) is 27.3. The molecular weight excluding hydrogens is 1260 g/mol. The molecule has 9 atom stereocenters. The van der Waals surface area contributed by atoms with Gasteiger partial charge in [0.2, 0.25) is 53.2 Å². The highest BCUT2D eigenvalue weighted by molar-refractivity contribution is 5.98. The number of ether oxygens (including phenoxy) is 1. The Bertz CT molecular complexity index is 3190. The number of rotatable bonds is 41. The average molecular weight is 1360 g/mol. The number of aliphatic imine (C=N–C) groups is 2. The first-order valence-corrected chi connectivity index (χ1v) is 32.3. The van der Waals surface area contributed by atoms with E-state index in [0.29, 0.717) is 18.4 Å². The summed E-state index contributed by atoms with van der Waals surface area (Å²) in [6.07, 6.45) is -0.0272. The fourth-order valence-corrected chi connectivity index (χ4v) is 10.5. The topological polar surface area (TPSA) is 533 Å². The zero-order valence-electron chi connectivity index (χ0n) is 55.7. The van der Waals surface area contributed by atoms with Crippen LogP contribution in [0.25, 0.3) is 11.1 Å². The molecule has 32 heteroatoms. The number of hydrogen-bond donors (Lipinski definition) is 18. The van der Waals surface area contributed by atoms with Gasteiger partial charge in [0.15, 0.2) is 11.9 Å². The number of nitrogens with one attached hydrogen (secondary N) is 10. The minimum atomic E-state index is -1.71. The molecule has 0 heterocycles. The van der Waals surface area contributed by atoms with Gasteiger partial charge in [0, 0.05) is 25.4 Å². The first-order chi connectivity index (χ1) is 46.0. The molecule has 0 bridgehead atoms. The van der Waals surface area contributed by atoms with Crippen molar-refractivity contribution in [2.75, 3.05) is 39.4 Å². The number of phenolic OH excluding ortho intramolecular Hbond substituents is 1. The number of fused-ring (bicyclic) bond motifs is 3. The fourth-order valence-electron chi connectivity index (χ4n) is 10.5. The van der Waals surface area contributed by atoms with Crippen molar-refractivity contribution in [1.29, 1.82) is 0 Å². The van der Waals surface area contributed by atoms with Gasteiger partial charge in [-0.1, -0.05) is 88.4 Å². The number of aromatic hydroxyl groups is 1. The second kappa shape index (κ2) is 40.3. The Hall–Kier alpha value is -10.1. The number of nitrogens with zero attached hydrogens (tertiary/aromatic N) is 2. The number of guanidine groups is 2. The van der Waals surface area contributed by atoms with Gasteiger partial charge in [0.1, 0.15) is 66.7 Å². The number of carbonyl (C=O) groups excluding carboxylic acids is 10. The van der Waals surface area contributed by atoms with Gasteiger partial charge >= 0.3 is 12.1 Å². The van der Waals surface area contributed by atoms with Crippen molar-refractivity contribution in [2.24, 2.45) is 50.5 Å². The standard InChI is InChI=1S/C65H97N17O15/c1-35(2)29-49(56(88)73-32-53(85)76-50(30-36(3)4)59(91)75-37(5)54(86)79-48(62(94)95)21-14-28-72-64(69)70)80-58(90)46(19-11-12-26-66)78-61(93)52(33-83)81-55(87)38(6)74-57(89)47(20-13-27-71-63(67)68)77-60(92)51(31-39-22-24-40(84)25-23-39)82-65(96)97-34-45-43-17-9-7-15-41(43)42-16-8-10-18-44(42)45/h7-10,15-18,22-25,35-38,45-52,83-84H,11-14,19-21,26-34,66H2,1-6H3,(H,73,88)(H,74,89)(H,75,91)(H,76,85)(H,77,92)(H,78,93)(H,79,86)(H,80,90)(H,81,87)(H,82,96)(H,94,95)(H4,67,68,71)(H4,69,70,72)/t37-,38-,46-,47-,48-,49-,50-,51-,52-/m0/s1. The van der Waals surface area contributed by atoms with Crippen LogP contribution in [0.5, 0.6) is 5.75 Å². The zero-order chi connectivity index (χ0) is 71.9. The summed E-state index contributed by atoms with van der Waals surface area (Å²) in [4.78, 5) is 157. The van der Waals surface area contributed by atoms with E-state index in [0.717, 1.165) is 22.3 Å². The molecule has 0 aromatic heterocycles. The number of carboxylic acids is 1. The van der Waals surface area contributed by atoms with Crippen molar-refractivity contribution in [3.63, 3.8) is 0 Å². The number of hydrogen-bond acceptors (Lipinski definition) is 17. The van der Waals surface area contributed by atoms with E-state index in [1.807, 2.05) is 48.5 Å². The second-order valence-corrected chi connectivity index (χ2v) is 24.5. The van der Waals surface area contributed by atoms with Gasteiger partial charge in [-0.3, -0.25) is 53.1 Å². The van der Waals surface area contributed by atoms with Crippen LogP contribution in [0.4, 0.5) is 4.79 Å². The molecule has 1 aliphatic carbocycles. The van der Waals surface area contributed by atoms with Crippen molar-refractivity contribution < 1.29 is 72.8 Å². The smallest absolute Gasteiger partial charge is 0.407 e. The van der Waals surface area contributed by atoms with E-state index in [9.17, 15) is 68.1 Å². The Kier molecular flexibility index (Phi) is 33.0. The van der Waals surface area contributed by atoms with Gasteiger partial charge in [0.25, 0.3) is 0 Å². The first kappa shape index (κ1) is 79.3. The second-order valence-electron chi connectivity index (χ2n) is 24.5. The lowest BCUT2D eigenvalue weighted by Gasteiger charge is -2.27. The van der Waals surface area contributed by atoms with E-state index in [1.165, 1.54) is 26.0 Å². The predicted octanol–water partition coefficient (Wildman–Crippen LogP) is -1.72. The highest BCUT2D eigenvalue weighted by Crippen LogP contribution is 2.44. The lowest BCUT2D eigenvalue weighted by atomic mass is 9.98. The van der Waals surface area contributed by atoms with Gasteiger partial charge in [-0.15, -0.1) is 0 Å². The van der Waals surface area contributed by atoms with Crippen LogP contribution in [0, 0.1) is 11.8 Å². The molecule has 4 rings (SSSR count). The van der Waals surface area contributed by atoms with Crippen molar-refractivity contribution in [1.82, 2.24) is 53.2 Å². The number of carbonyl (C=O) groups is 11. The zero-order valence-corrected chi connectivity index (χ0v) is 55.7. The number of aliphatic carboxylic acids is 1. The molecule has 0 radical (unpaired) electrons. The van der Waals surface area contributed by atoms with Gasteiger partial charge in [-0.05, 0) is 130 Å². The SMILES string of the molecule is CC(C)C[C@H](NC(=O)CNC(=O)[C@H](CC(C)C)NC(=O)[C@H](CCCCN)NC(=O)[C@H](CO)NC(=O)[C@H](C)NC(=O)[C@H](CCCN=C(N)N)NC(=O)[C@H](Cc1ccc(O)cc1)NC(=O)OCC1c2ccccc2-c2ccccc21)C(=O)N[C@@H](C)C(=O)N[C@@H](CCCN=C(N)N)C(=O)O. The molecular formula is C65H97N17O15. The summed E-state index contributed by atoms with van der Waals surface area (Å²) in [6.45, 7) is 8.30. The minimum Gasteiger partial charge on any atom is -0.508 e. The highest BCUT2D eigenvalue weighted by Gasteiger charge is 2.35. The van der Waals surface area contributed by atoms with Crippen LogP contribution >= 0.6 is 0 Å². The van der Waals surface area contributed by atoms with E-state index in [4.69, 9.17) is 33.4 Å². The number of benzene rings is 3. The quantitative estimate of drug-likeness (QED) is 0.0171. The van der Waals surface area contributed by atoms with Crippen LogP contribution in [0.3, 0.4) is 0 Å². The van der Waals surface area contributed by atoms with Crippen molar-refractivity contribution in [2.45, 2.75) is 166 Å². The Labute approximate surface area is 563 Å². The normalized spacial score (nSPS) is 14.3. The van der Waals surface area contributed by atoms with Crippen LogP contribution in [0.2, 0.25) is 0 Å². The number of aliphatic hydroxyl groups is 1. The lowest BCUT2D eigenvalue weighted by Crippen LogP contribution is -2.60. The van der Waals surface area contributed by atoms with Gasteiger partial charge in [-0.25, -0.2) is 9.59 Å². The molecule has 0 aliphatic heterocycles. The summed E-state index contributed by atoms with van der Waals surface area (Å²) in [6, 6.07) is 9.01. The summed E-state index contributed by atoms with van der Waals surface area (Å²) in [7, 11) is 0. The van der Waals surface area contributed by atoms with Gasteiger partial charge < -0.3 is 102 Å². The van der Waals surface area contributed by atoms with Crippen LogP contribution < -0.4 is 81.8 Å². The average Bonchev–Trinajstić information content (AvgIpc) is 1.62. The highest BCUT2D eigenvalue weighted by atomic mass is 16.5. The summed E-state index contributed by atoms with van der Waals surface area (Å²) in [5.41, 5.74) is 31.9. The largest absolute Gasteiger partial charge is 0.508 e. The molecule has 532 valence electrons. The number of amides is 10. The summed E-state index contributed by atoms with van der Waals surface area (Å²) < 4.78 is 5.77. The maximum Gasteiger partial charge on any atom is 0.407 e. The monoisotopic (exact) mass is 1360 g/mol. The number of carboxylic acid groups (broad SMARTS) is 1. The maximum atomic E-state index is 14.3. The number of phenols is 1. The molecule has 0 unspecified atom stereocenters. The first-order valence-electron chi connectivity index (χ1n) is 32.3. The summed E-state index contributed by atoms with van der Waals surface area (Å²) >= 11 is 0.